The smallest absolute Gasteiger partial charge is 0.234 e. The molecule has 1 heterocycles. The Morgan fingerprint density at radius 2 is 2.18 bits per heavy atom. The summed E-state index contributed by atoms with van der Waals surface area (Å²) in [5, 5.41) is 0. The van der Waals surface area contributed by atoms with E-state index in [1.54, 1.807) is 31.6 Å². The highest BCUT2D eigenvalue weighted by molar-refractivity contribution is 7.92. The maximum absolute atomic E-state index is 11.9. The highest BCUT2D eigenvalue weighted by Crippen LogP contribution is 2.21. The lowest BCUT2D eigenvalue weighted by atomic mass is 10.3. The van der Waals surface area contributed by atoms with E-state index in [4.69, 9.17) is 0 Å². The molecule has 0 unspecified atom stereocenters. The summed E-state index contributed by atoms with van der Waals surface area (Å²) in [6.07, 6.45) is 2.20. The molecule has 0 spiro atoms. The zero-order chi connectivity index (χ0) is 12.5. The van der Waals surface area contributed by atoms with Gasteiger partial charge in [0.1, 0.15) is 0 Å². The van der Waals surface area contributed by atoms with Gasteiger partial charge in [-0.25, -0.2) is 13.4 Å². The van der Waals surface area contributed by atoms with Crippen LogP contribution in [0.4, 0.5) is 5.69 Å². The summed E-state index contributed by atoms with van der Waals surface area (Å²) in [5.41, 5.74) is 2.31. The van der Waals surface area contributed by atoms with Crippen LogP contribution < -0.4 is 4.31 Å². The third kappa shape index (κ3) is 2.26. The van der Waals surface area contributed by atoms with Crippen LogP contribution in [-0.2, 0) is 10.0 Å². The number of anilines is 1. The fourth-order valence-corrected chi connectivity index (χ4v) is 2.90. The van der Waals surface area contributed by atoms with E-state index in [-0.39, 0.29) is 5.75 Å². The Hall–Kier alpha value is -1.56. The zero-order valence-electron chi connectivity index (χ0n) is 9.84. The average molecular weight is 253 g/mol. The van der Waals surface area contributed by atoms with Crippen molar-refractivity contribution in [3.05, 3.63) is 24.5 Å². The number of rotatable bonds is 4. The zero-order valence-corrected chi connectivity index (χ0v) is 10.7. The summed E-state index contributed by atoms with van der Waals surface area (Å²) in [6, 6.07) is 5.35. The van der Waals surface area contributed by atoms with Crippen molar-refractivity contribution in [2.45, 2.75) is 13.3 Å². The topological polar surface area (TPSA) is 66.1 Å². The molecule has 6 heteroatoms. The monoisotopic (exact) mass is 253 g/mol. The van der Waals surface area contributed by atoms with Crippen molar-refractivity contribution in [1.29, 1.82) is 0 Å². The Labute approximate surface area is 101 Å². The number of fused-ring (bicyclic) bond motifs is 1. The number of sulfonamides is 1. The molecular weight excluding hydrogens is 238 g/mol. The van der Waals surface area contributed by atoms with Crippen LogP contribution in [0.3, 0.4) is 0 Å². The van der Waals surface area contributed by atoms with E-state index in [2.05, 4.69) is 9.97 Å². The van der Waals surface area contributed by atoms with Gasteiger partial charge in [-0.05, 0) is 24.6 Å². The molecule has 0 fully saturated rings. The molecule has 1 aromatic carbocycles. The van der Waals surface area contributed by atoms with Crippen molar-refractivity contribution < 1.29 is 8.42 Å². The fourth-order valence-electron chi connectivity index (χ4n) is 1.67. The van der Waals surface area contributed by atoms with Gasteiger partial charge in [0.15, 0.2) is 0 Å². The summed E-state index contributed by atoms with van der Waals surface area (Å²) in [5.74, 6) is 0.157. The number of nitrogens with one attached hydrogen (secondary N) is 1. The Morgan fingerprint density at radius 1 is 1.41 bits per heavy atom. The quantitative estimate of drug-likeness (QED) is 0.902. The molecule has 92 valence electrons. The van der Waals surface area contributed by atoms with Crippen LogP contribution in [-0.4, -0.2) is 31.2 Å². The van der Waals surface area contributed by atoms with E-state index in [0.29, 0.717) is 12.1 Å². The van der Waals surface area contributed by atoms with Crippen molar-refractivity contribution in [1.82, 2.24) is 9.97 Å². The number of hydrogen-bond acceptors (Lipinski definition) is 3. The lowest BCUT2D eigenvalue weighted by molar-refractivity contribution is 0.593. The highest BCUT2D eigenvalue weighted by atomic mass is 32.2. The molecule has 2 aromatic rings. The first-order valence-electron chi connectivity index (χ1n) is 5.44. The number of benzene rings is 1. The molecule has 0 atom stereocenters. The van der Waals surface area contributed by atoms with Crippen LogP contribution >= 0.6 is 0 Å². The molecule has 0 bridgehead atoms. The second-order valence-corrected chi connectivity index (χ2v) is 6.01. The van der Waals surface area contributed by atoms with Crippen LogP contribution in [0, 0.1) is 0 Å². The largest absolute Gasteiger partial charge is 0.345 e. The van der Waals surface area contributed by atoms with E-state index < -0.39 is 10.0 Å². The standard InChI is InChI=1S/C11H15N3O2S/c1-3-6-17(15,16)14(2)9-4-5-10-11(7-9)13-8-12-10/h4-5,7-8H,3,6H2,1-2H3,(H,12,13). The number of aromatic nitrogens is 2. The van der Waals surface area contributed by atoms with Crippen LogP contribution in [0.25, 0.3) is 11.0 Å². The molecule has 1 aromatic heterocycles. The van der Waals surface area contributed by atoms with Crippen molar-refractivity contribution >= 4 is 26.7 Å². The first kappa shape index (κ1) is 11.9. The van der Waals surface area contributed by atoms with Gasteiger partial charge in [0.05, 0.1) is 28.8 Å². The molecule has 0 aliphatic heterocycles. The van der Waals surface area contributed by atoms with Gasteiger partial charge in [0, 0.05) is 7.05 Å². The van der Waals surface area contributed by atoms with Crippen LogP contribution in [0.15, 0.2) is 24.5 Å². The van der Waals surface area contributed by atoms with E-state index in [0.717, 1.165) is 11.0 Å². The van der Waals surface area contributed by atoms with Gasteiger partial charge in [0.25, 0.3) is 0 Å². The average Bonchev–Trinajstić information content (AvgIpc) is 2.74. The van der Waals surface area contributed by atoms with Crippen LogP contribution in [0.5, 0.6) is 0 Å². The third-order valence-electron chi connectivity index (χ3n) is 2.65. The SMILES string of the molecule is CCCS(=O)(=O)N(C)c1ccc2nc[nH]c2c1. The molecule has 0 saturated heterocycles. The first-order valence-corrected chi connectivity index (χ1v) is 7.05. The van der Waals surface area contributed by atoms with Gasteiger partial charge in [-0.15, -0.1) is 0 Å². The lowest BCUT2D eigenvalue weighted by Gasteiger charge is -2.18. The minimum Gasteiger partial charge on any atom is -0.345 e. The minimum absolute atomic E-state index is 0.157. The number of hydrogen-bond donors (Lipinski definition) is 1. The minimum atomic E-state index is -3.22. The lowest BCUT2D eigenvalue weighted by Crippen LogP contribution is -2.28. The summed E-state index contributed by atoms with van der Waals surface area (Å²) in [7, 11) is -1.64. The van der Waals surface area contributed by atoms with Gasteiger partial charge in [-0.3, -0.25) is 4.31 Å². The molecule has 1 N–H and O–H groups in total. The Bertz CT molecular complexity index is 618. The van der Waals surface area contributed by atoms with E-state index in [1.807, 2.05) is 6.92 Å². The fraction of sp³-hybridized carbons (Fsp3) is 0.364. The molecule has 0 saturated carbocycles. The Morgan fingerprint density at radius 3 is 2.88 bits per heavy atom. The summed E-state index contributed by atoms with van der Waals surface area (Å²) >= 11 is 0. The molecule has 5 nitrogen and oxygen atoms in total. The number of aromatic amines is 1. The van der Waals surface area contributed by atoms with Crippen molar-refractivity contribution in [2.75, 3.05) is 17.1 Å². The molecule has 17 heavy (non-hydrogen) atoms. The normalized spacial score (nSPS) is 11.9. The number of nitrogens with zero attached hydrogens (tertiary/aromatic N) is 2. The maximum atomic E-state index is 11.9. The van der Waals surface area contributed by atoms with Crippen molar-refractivity contribution in [2.24, 2.45) is 0 Å². The van der Waals surface area contributed by atoms with Crippen LogP contribution in [0.2, 0.25) is 0 Å². The van der Waals surface area contributed by atoms with E-state index in [1.165, 1.54) is 4.31 Å². The summed E-state index contributed by atoms with van der Waals surface area (Å²) in [6.45, 7) is 1.85. The summed E-state index contributed by atoms with van der Waals surface area (Å²) in [4.78, 5) is 7.06. The second-order valence-electron chi connectivity index (χ2n) is 3.89. The van der Waals surface area contributed by atoms with Crippen molar-refractivity contribution in [3.63, 3.8) is 0 Å². The molecule has 0 amide bonds. The van der Waals surface area contributed by atoms with Crippen LogP contribution in [0.1, 0.15) is 13.3 Å². The van der Waals surface area contributed by atoms with E-state index >= 15 is 0 Å². The maximum Gasteiger partial charge on any atom is 0.234 e. The summed E-state index contributed by atoms with van der Waals surface area (Å²) < 4.78 is 25.1. The number of imidazole rings is 1. The number of H-pyrrole nitrogens is 1. The molecule has 0 aliphatic carbocycles. The van der Waals surface area contributed by atoms with Crippen molar-refractivity contribution in [3.8, 4) is 0 Å². The van der Waals surface area contributed by atoms with Gasteiger partial charge in [-0.2, -0.15) is 0 Å². The Balaban J connectivity index is 2.39. The second kappa shape index (κ2) is 4.37. The van der Waals surface area contributed by atoms with Gasteiger partial charge in [-0.1, -0.05) is 6.92 Å². The van der Waals surface area contributed by atoms with Gasteiger partial charge >= 0.3 is 0 Å². The molecule has 2 rings (SSSR count). The molecule has 0 aliphatic rings. The predicted molar refractivity (Wildman–Crippen MR) is 68.6 cm³/mol. The molecule has 0 radical (unpaired) electrons. The molecular formula is C11H15N3O2S. The predicted octanol–water partition coefficient (Wildman–Crippen LogP) is 1.74. The van der Waals surface area contributed by atoms with E-state index in [9.17, 15) is 8.42 Å². The Kier molecular flexibility index (Phi) is 3.06. The van der Waals surface area contributed by atoms with Gasteiger partial charge in [0.2, 0.25) is 10.0 Å². The first-order chi connectivity index (χ1) is 8.04. The third-order valence-corrected chi connectivity index (χ3v) is 4.62. The van der Waals surface area contributed by atoms with Gasteiger partial charge < -0.3 is 4.98 Å². The highest BCUT2D eigenvalue weighted by Gasteiger charge is 2.17.